The number of carbonyl (C=O) groups excluding carboxylic acids is 1. The molecule has 1 atom stereocenters. The highest BCUT2D eigenvalue weighted by Crippen LogP contribution is 2.20. The van der Waals surface area contributed by atoms with Crippen molar-refractivity contribution in [2.45, 2.75) is 19.4 Å². The molecule has 1 aromatic heterocycles. The number of carbonyl (C=O) groups is 1. The highest BCUT2D eigenvalue weighted by atomic mass is 16.5. The Bertz CT molecular complexity index is 439. The lowest BCUT2D eigenvalue weighted by Crippen LogP contribution is -2.47. The fourth-order valence-corrected chi connectivity index (χ4v) is 1.99. The fraction of sp³-hybridized carbons (Fsp3) is 0.538. The normalized spacial score (nSPS) is 19.1. The first-order valence-electron chi connectivity index (χ1n) is 6.41. The molecule has 6 heteroatoms. The minimum absolute atomic E-state index is 0.121. The van der Waals surface area contributed by atoms with Gasteiger partial charge < -0.3 is 19.7 Å². The van der Waals surface area contributed by atoms with Crippen LogP contribution in [0.1, 0.15) is 13.3 Å². The van der Waals surface area contributed by atoms with Gasteiger partial charge in [-0.1, -0.05) is 6.92 Å². The Balaban J connectivity index is 2.00. The molecule has 0 aromatic carbocycles. The zero-order chi connectivity index (χ0) is 13.7. The molecular weight excluding hydrogens is 246 g/mol. The molecule has 19 heavy (non-hydrogen) atoms. The Hall–Kier alpha value is -1.82. The molecular formula is C13H19N3O3. The first-order valence-corrected chi connectivity index (χ1v) is 6.41. The van der Waals surface area contributed by atoms with Gasteiger partial charge in [-0.25, -0.2) is 9.78 Å². The summed E-state index contributed by atoms with van der Waals surface area (Å²) in [4.78, 5) is 18.0. The molecule has 1 N–H and O–H groups in total. The number of pyridine rings is 1. The van der Waals surface area contributed by atoms with Crippen LogP contribution >= 0.6 is 0 Å². The summed E-state index contributed by atoms with van der Waals surface area (Å²) >= 11 is 0. The van der Waals surface area contributed by atoms with E-state index in [0.717, 1.165) is 6.42 Å². The number of aromatic nitrogens is 1. The van der Waals surface area contributed by atoms with E-state index in [4.69, 9.17) is 9.47 Å². The van der Waals surface area contributed by atoms with Gasteiger partial charge in [-0.3, -0.25) is 0 Å². The van der Waals surface area contributed by atoms with Crippen molar-refractivity contribution in [3.05, 3.63) is 18.3 Å². The molecule has 0 saturated carbocycles. The molecule has 2 rings (SSSR count). The van der Waals surface area contributed by atoms with E-state index in [9.17, 15) is 4.79 Å². The quantitative estimate of drug-likeness (QED) is 0.904. The Morgan fingerprint density at radius 1 is 1.68 bits per heavy atom. The monoisotopic (exact) mass is 265 g/mol. The number of anilines is 1. The van der Waals surface area contributed by atoms with Crippen LogP contribution in [0.3, 0.4) is 0 Å². The maximum absolute atomic E-state index is 12.2. The number of methoxy groups -OCH3 is 1. The number of urea groups is 1. The van der Waals surface area contributed by atoms with Gasteiger partial charge >= 0.3 is 6.03 Å². The molecule has 0 aliphatic carbocycles. The number of hydrogen-bond donors (Lipinski definition) is 1. The van der Waals surface area contributed by atoms with Crippen molar-refractivity contribution >= 4 is 11.7 Å². The number of morpholine rings is 1. The van der Waals surface area contributed by atoms with Crippen LogP contribution in [0.2, 0.25) is 0 Å². The Morgan fingerprint density at radius 3 is 3.26 bits per heavy atom. The molecule has 1 fully saturated rings. The van der Waals surface area contributed by atoms with Gasteiger partial charge in [-0.2, -0.15) is 0 Å². The average molecular weight is 265 g/mol. The second kappa shape index (κ2) is 6.38. The summed E-state index contributed by atoms with van der Waals surface area (Å²) in [5.41, 5.74) is 0.578. The zero-order valence-corrected chi connectivity index (χ0v) is 11.3. The fourth-order valence-electron chi connectivity index (χ4n) is 1.99. The van der Waals surface area contributed by atoms with Crippen LogP contribution < -0.4 is 10.1 Å². The van der Waals surface area contributed by atoms with Gasteiger partial charge in [-0.05, 0) is 18.6 Å². The van der Waals surface area contributed by atoms with Crippen molar-refractivity contribution in [1.29, 1.82) is 0 Å². The maximum atomic E-state index is 12.2. The second-order valence-electron chi connectivity index (χ2n) is 4.34. The molecule has 1 unspecified atom stereocenters. The lowest BCUT2D eigenvalue weighted by Gasteiger charge is -2.32. The SMILES string of the molecule is CCC1CN(C(=O)Nc2cccnc2OC)CCO1. The smallest absolute Gasteiger partial charge is 0.322 e. The van der Waals surface area contributed by atoms with E-state index in [-0.39, 0.29) is 12.1 Å². The van der Waals surface area contributed by atoms with Gasteiger partial charge in [0.1, 0.15) is 5.69 Å². The lowest BCUT2D eigenvalue weighted by molar-refractivity contribution is -0.0134. The van der Waals surface area contributed by atoms with Gasteiger partial charge in [0, 0.05) is 19.3 Å². The van der Waals surface area contributed by atoms with E-state index in [1.54, 1.807) is 23.2 Å². The molecule has 0 radical (unpaired) electrons. The van der Waals surface area contributed by atoms with Crippen LogP contribution in [0.25, 0.3) is 0 Å². The summed E-state index contributed by atoms with van der Waals surface area (Å²) in [6, 6.07) is 3.38. The van der Waals surface area contributed by atoms with Crippen LogP contribution in [-0.2, 0) is 4.74 Å². The molecule has 2 heterocycles. The van der Waals surface area contributed by atoms with Crippen LogP contribution in [0, 0.1) is 0 Å². The Morgan fingerprint density at radius 2 is 2.53 bits per heavy atom. The zero-order valence-electron chi connectivity index (χ0n) is 11.3. The standard InChI is InChI=1S/C13H19N3O3/c1-3-10-9-16(7-8-19-10)13(17)15-11-5-4-6-14-12(11)18-2/h4-6,10H,3,7-9H2,1-2H3,(H,15,17). The molecule has 1 aromatic rings. The van der Waals surface area contributed by atoms with Crippen LogP contribution in [0.4, 0.5) is 10.5 Å². The Kier molecular flexibility index (Phi) is 4.57. The molecule has 104 valence electrons. The summed E-state index contributed by atoms with van der Waals surface area (Å²) in [5.74, 6) is 0.413. The van der Waals surface area contributed by atoms with Crippen molar-refractivity contribution in [3.63, 3.8) is 0 Å². The third-order valence-corrected chi connectivity index (χ3v) is 3.09. The topological polar surface area (TPSA) is 63.7 Å². The molecule has 1 aliphatic heterocycles. The minimum atomic E-state index is -0.145. The summed E-state index contributed by atoms with van der Waals surface area (Å²) in [5, 5.41) is 2.82. The predicted octanol–water partition coefficient (Wildman–Crippen LogP) is 1.73. The number of amides is 2. The minimum Gasteiger partial charge on any atom is -0.480 e. The second-order valence-corrected chi connectivity index (χ2v) is 4.34. The number of rotatable bonds is 3. The van der Waals surface area contributed by atoms with Crippen molar-refractivity contribution in [1.82, 2.24) is 9.88 Å². The van der Waals surface area contributed by atoms with Gasteiger partial charge in [0.05, 0.1) is 19.8 Å². The third kappa shape index (κ3) is 3.35. The van der Waals surface area contributed by atoms with Gasteiger partial charge in [0.2, 0.25) is 5.88 Å². The lowest BCUT2D eigenvalue weighted by atomic mass is 10.2. The van der Waals surface area contributed by atoms with Crippen LogP contribution in [0.5, 0.6) is 5.88 Å². The summed E-state index contributed by atoms with van der Waals surface area (Å²) in [6.45, 7) is 3.85. The van der Waals surface area contributed by atoms with Gasteiger partial charge in [0.25, 0.3) is 0 Å². The highest BCUT2D eigenvalue weighted by molar-refractivity contribution is 5.90. The molecule has 6 nitrogen and oxygen atoms in total. The predicted molar refractivity (Wildman–Crippen MR) is 71.4 cm³/mol. The largest absolute Gasteiger partial charge is 0.480 e. The molecule has 0 bridgehead atoms. The molecule has 2 amide bonds. The highest BCUT2D eigenvalue weighted by Gasteiger charge is 2.23. The molecule has 1 aliphatic rings. The molecule has 1 saturated heterocycles. The van der Waals surface area contributed by atoms with E-state index in [2.05, 4.69) is 17.2 Å². The van der Waals surface area contributed by atoms with E-state index >= 15 is 0 Å². The summed E-state index contributed by atoms with van der Waals surface area (Å²) in [7, 11) is 1.53. The number of hydrogen-bond acceptors (Lipinski definition) is 4. The molecule has 0 spiro atoms. The van der Waals surface area contributed by atoms with Crippen molar-refractivity contribution in [3.8, 4) is 5.88 Å². The van der Waals surface area contributed by atoms with Gasteiger partial charge in [0.15, 0.2) is 0 Å². The Labute approximate surface area is 112 Å². The van der Waals surface area contributed by atoms with Crippen LogP contribution in [0.15, 0.2) is 18.3 Å². The third-order valence-electron chi connectivity index (χ3n) is 3.09. The number of nitrogens with zero attached hydrogens (tertiary/aromatic N) is 2. The van der Waals surface area contributed by atoms with Crippen molar-refractivity contribution in [2.75, 3.05) is 32.1 Å². The van der Waals surface area contributed by atoms with E-state index in [1.165, 1.54) is 7.11 Å². The van der Waals surface area contributed by atoms with E-state index in [0.29, 0.717) is 31.3 Å². The van der Waals surface area contributed by atoms with Crippen molar-refractivity contribution in [2.24, 2.45) is 0 Å². The first-order chi connectivity index (χ1) is 9.24. The number of ether oxygens (including phenoxy) is 2. The maximum Gasteiger partial charge on any atom is 0.322 e. The van der Waals surface area contributed by atoms with E-state index < -0.39 is 0 Å². The van der Waals surface area contributed by atoms with Crippen LogP contribution in [-0.4, -0.2) is 48.8 Å². The summed E-state index contributed by atoms with van der Waals surface area (Å²) < 4.78 is 10.7. The van der Waals surface area contributed by atoms with Gasteiger partial charge in [-0.15, -0.1) is 0 Å². The summed E-state index contributed by atoms with van der Waals surface area (Å²) in [6.07, 6.45) is 2.64. The van der Waals surface area contributed by atoms with Crippen molar-refractivity contribution < 1.29 is 14.3 Å². The van der Waals surface area contributed by atoms with E-state index in [1.807, 2.05) is 0 Å². The number of nitrogens with one attached hydrogen (secondary N) is 1. The average Bonchev–Trinajstić information content (AvgIpc) is 2.47. The first kappa shape index (κ1) is 13.6.